The molecular formula is C12H13ClN2O3. The van der Waals surface area contributed by atoms with Crippen LogP contribution in [0.25, 0.3) is 11.1 Å². The number of nitrogen functional groups attached to an aromatic ring is 1. The fraction of sp³-hybridized carbons (Fsp3) is 0.250. The molecule has 96 valence electrons. The number of hydrogen-bond acceptors (Lipinski definition) is 5. The van der Waals surface area contributed by atoms with E-state index in [1.165, 1.54) is 0 Å². The average molecular weight is 269 g/mol. The van der Waals surface area contributed by atoms with Gasteiger partial charge in [-0.05, 0) is 23.3 Å². The van der Waals surface area contributed by atoms with E-state index in [9.17, 15) is 0 Å². The van der Waals surface area contributed by atoms with Crippen molar-refractivity contribution >= 4 is 17.5 Å². The van der Waals surface area contributed by atoms with E-state index in [0.29, 0.717) is 22.9 Å². The van der Waals surface area contributed by atoms with Crippen molar-refractivity contribution in [1.82, 2.24) is 5.16 Å². The Morgan fingerprint density at radius 3 is 2.67 bits per heavy atom. The number of methoxy groups -OCH3 is 2. The lowest BCUT2D eigenvalue weighted by Gasteiger charge is -2.11. The number of nitrogens with two attached hydrogens (primary N) is 1. The van der Waals surface area contributed by atoms with Crippen LogP contribution in [0.3, 0.4) is 0 Å². The Kier molecular flexibility index (Phi) is 3.74. The van der Waals surface area contributed by atoms with Gasteiger partial charge in [0.25, 0.3) is 0 Å². The zero-order chi connectivity index (χ0) is 13.1. The van der Waals surface area contributed by atoms with E-state index in [-0.39, 0.29) is 5.88 Å². The molecule has 0 bridgehead atoms. The summed E-state index contributed by atoms with van der Waals surface area (Å²) in [6.45, 7) is 0.410. The van der Waals surface area contributed by atoms with E-state index in [4.69, 9.17) is 31.3 Å². The van der Waals surface area contributed by atoms with Gasteiger partial charge < -0.3 is 19.7 Å². The summed E-state index contributed by atoms with van der Waals surface area (Å²) >= 11 is 6.11. The Bertz CT molecular complexity index is 554. The van der Waals surface area contributed by atoms with E-state index in [1.54, 1.807) is 26.5 Å². The largest absolute Gasteiger partial charge is 0.495 e. The van der Waals surface area contributed by atoms with E-state index >= 15 is 0 Å². The number of benzene rings is 1. The van der Waals surface area contributed by atoms with Gasteiger partial charge in [-0.15, -0.1) is 0 Å². The number of aromatic nitrogens is 1. The van der Waals surface area contributed by atoms with Crippen LogP contribution in [0.2, 0.25) is 5.02 Å². The molecule has 2 rings (SSSR count). The van der Waals surface area contributed by atoms with Crippen LogP contribution in [-0.2, 0) is 11.3 Å². The van der Waals surface area contributed by atoms with Crippen molar-refractivity contribution in [3.8, 4) is 16.9 Å². The summed E-state index contributed by atoms with van der Waals surface area (Å²) in [5.41, 5.74) is 8.12. The molecule has 2 aromatic rings. The highest BCUT2D eigenvalue weighted by molar-refractivity contribution is 6.32. The molecule has 5 nitrogen and oxygen atoms in total. The van der Waals surface area contributed by atoms with Crippen molar-refractivity contribution in [3.05, 3.63) is 28.9 Å². The predicted molar refractivity (Wildman–Crippen MR) is 68.6 cm³/mol. The van der Waals surface area contributed by atoms with Crippen molar-refractivity contribution in [2.24, 2.45) is 0 Å². The monoisotopic (exact) mass is 268 g/mol. The molecule has 0 unspecified atom stereocenters. The van der Waals surface area contributed by atoms with E-state index in [1.807, 2.05) is 6.07 Å². The number of anilines is 1. The second-order valence-electron chi connectivity index (χ2n) is 3.68. The van der Waals surface area contributed by atoms with Gasteiger partial charge in [-0.3, -0.25) is 0 Å². The number of rotatable bonds is 4. The molecule has 0 saturated carbocycles. The van der Waals surface area contributed by atoms with Gasteiger partial charge in [0.1, 0.15) is 5.75 Å². The first-order valence-corrected chi connectivity index (χ1v) is 5.61. The Hall–Kier alpha value is -1.72. The molecule has 2 N–H and O–H groups in total. The minimum absolute atomic E-state index is 0.244. The third kappa shape index (κ3) is 2.27. The van der Waals surface area contributed by atoms with Gasteiger partial charge in [0.05, 0.1) is 30.5 Å². The van der Waals surface area contributed by atoms with E-state index < -0.39 is 0 Å². The van der Waals surface area contributed by atoms with Gasteiger partial charge in [-0.1, -0.05) is 16.8 Å². The first-order valence-electron chi connectivity index (χ1n) is 5.23. The summed E-state index contributed by atoms with van der Waals surface area (Å²) in [5.74, 6) is 0.830. The number of halogens is 1. The normalized spacial score (nSPS) is 10.6. The molecule has 0 aliphatic carbocycles. The Morgan fingerprint density at radius 1 is 1.33 bits per heavy atom. The molecule has 1 aromatic heterocycles. The Morgan fingerprint density at radius 2 is 2.11 bits per heavy atom. The fourth-order valence-corrected chi connectivity index (χ4v) is 1.97. The summed E-state index contributed by atoms with van der Waals surface area (Å²) in [6.07, 6.45) is 1.55. The van der Waals surface area contributed by atoms with Crippen LogP contribution in [0.4, 0.5) is 5.88 Å². The molecule has 0 radical (unpaired) electrons. The van der Waals surface area contributed by atoms with Crippen molar-refractivity contribution in [2.45, 2.75) is 6.61 Å². The SMILES string of the molecule is COCc1cc(OC)c(Cl)cc1-c1cnoc1N. The molecule has 0 spiro atoms. The molecule has 1 heterocycles. The van der Waals surface area contributed by atoms with Gasteiger partial charge >= 0.3 is 0 Å². The lowest BCUT2D eigenvalue weighted by atomic mass is 10.0. The lowest BCUT2D eigenvalue weighted by Crippen LogP contribution is -1.96. The molecule has 1 aromatic carbocycles. The predicted octanol–water partition coefficient (Wildman–Crippen LogP) is 2.73. The van der Waals surface area contributed by atoms with Crippen LogP contribution >= 0.6 is 11.6 Å². The molecule has 18 heavy (non-hydrogen) atoms. The summed E-state index contributed by atoms with van der Waals surface area (Å²) in [4.78, 5) is 0. The molecular weight excluding hydrogens is 256 g/mol. The average Bonchev–Trinajstić information content (AvgIpc) is 2.77. The van der Waals surface area contributed by atoms with Crippen molar-refractivity contribution < 1.29 is 14.0 Å². The number of hydrogen-bond donors (Lipinski definition) is 1. The molecule has 0 aliphatic rings. The van der Waals surface area contributed by atoms with Crippen molar-refractivity contribution in [2.75, 3.05) is 20.0 Å². The fourth-order valence-electron chi connectivity index (χ4n) is 1.73. The minimum atomic E-state index is 0.244. The quantitative estimate of drug-likeness (QED) is 0.923. The second kappa shape index (κ2) is 5.29. The van der Waals surface area contributed by atoms with Crippen LogP contribution in [0.1, 0.15) is 5.56 Å². The van der Waals surface area contributed by atoms with Gasteiger partial charge in [-0.2, -0.15) is 0 Å². The summed E-state index contributed by atoms with van der Waals surface area (Å²) in [7, 11) is 3.17. The third-order valence-corrected chi connectivity index (χ3v) is 2.86. The highest BCUT2D eigenvalue weighted by Crippen LogP contribution is 2.36. The van der Waals surface area contributed by atoms with Crippen LogP contribution < -0.4 is 10.5 Å². The van der Waals surface area contributed by atoms with Gasteiger partial charge in [0.15, 0.2) is 0 Å². The van der Waals surface area contributed by atoms with Gasteiger partial charge in [0, 0.05) is 7.11 Å². The zero-order valence-electron chi connectivity index (χ0n) is 10.1. The number of nitrogens with zero attached hydrogens (tertiary/aromatic N) is 1. The lowest BCUT2D eigenvalue weighted by molar-refractivity contribution is 0.185. The Labute approximate surface area is 109 Å². The summed E-state index contributed by atoms with van der Waals surface area (Å²) in [5, 5.41) is 4.15. The maximum absolute atomic E-state index is 6.11. The molecule has 0 aliphatic heterocycles. The highest BCUT2D eigenvalue weighted by atomic mass is 35.5. The molecule has 0 amide bonds. The molecule has 0 atom stereocenters. The second-order valence-corrected chi connectivity index (χ2v) is 4.09. The molecule has 0 saturated heterocycles. The maximum atomic E-state index is 6.11. The van der Waals surface area contributed by atoms with Crippen LogP contribution in [0, 0.1) is 0 Å². The summed E-state index contributed by atoms with van der Waals surface area (Å²) < 4.78 is 15.2. The van der Waals surface area contributed by atoms with Crippen LogP contribution in [-0.4, -0.2) is 19.4 Å². The summed E-state index contributed by atoms with van der Waals surface area (Å²) in [6, 6.07) is 3.57. The number of ether oxygens (including phenoxy) is 2. The van der Waals surface area contributed by atoms with Crippen molar-refractivity contribution in [1.29, 1.82) is 0 Å². The highest BCUT2D eigenvalue weighted by Gasteiger charge is 2.15. The topological polar surface area (TPSA) is 70.5 Å². The van der Waals surface area contributed by atoms with Crippen LogP contribution in [0.5, 0.6) is 5.75 Å². The van der Waals surface area contributed by atoms with E-state index in [0.717, 1.165) is 11.1 Å². The smallest absolute Gasteiger partial charge is 0.229 e. The Balaban J connectivity index is 2.58. The van der Waals surface area contributed by atoms with Gasteiger partial charge in [-0.25, -0.2) is 0 Å². The minimum Gasteiger partial charge on any atom is -0.495 e. The van der Waals surface area contributed by atoms with E-state index in [2.05, 4.69) is 5.16 Å². The molecule has 0 fully saturated rings. The first-order chi connectivity index (χ1) is 8.67. The third-order valence-electron chi connectivity index (χ3n) is 2.57. The molecule has 6 heteroatoms. The zero-order valence-corrected chi connectivity index (χ0v) is 10.8. The van der Waals surface area contributed by atoms with Crippen LogP contribution in [0.15, 0.2) is 22.9 Å². The maximum Gasteiger partial charge on any atom is 0.229 e. The van der Waals surface area contributed by atoms with Crippen molar-refractivity contribution in [3.63, 3.8) is 0 Å². The standard InChI is InChI=1S/C12H13ClN2O3/c1-16-6-7-3-11(17-2)10(13)4-8(7)9-5-15-18-12(9)14/h3-5H,6,14H2,1-2H3. The van der Waals surface area contributed by atoms with Gasteiger partial charge in [0.2, 0.25) is 5.88 Å². The first kappa shape index (κ1) is 12.7.